The average molecular weight is 401 g/mol. The molecule has 2 atom stereocenters. The van der Waals surface area contributed by atoms with Gasteiger partial charge < -0.3 is 13.9 Å². The maximum absolute atomic E-state index is 5.87. The van der Waals surface area contributed by atoms with Gasteiger partial charge in [0.05, 0.1) is 31.2 Å². The highest BCUT2D eigenvalue weighted by Crippen LogP contribution is 2.36. The maximum atomic E-state index is 5.87. The van der Waals surface area contributed by atoms with Gasteiger partial charge in [-0.05, 0) is 51.0 Å². The van der Waals surface area contributed by atoms with E-state index in [1.54, 1.807) is 25.1 Å². The van der Waals surface area contributed by atoms with Crippen LogP contribution in [-0.4, -0.2) is 39.6 Å². The molecule has 1 saturated heterocycles. The van der Waals surface area contributed by atoms with Crippen molar-refractivity contribution in [2.24, 2.45) is 0 Å². The fraction of sp³-hybridized carbons (Fsp3) is 0.450. The van der Waals surface area contributed by atoms with Crippen molar-refractivity contribution in [1.29, 1.82) is 0 Å². The van der Waals surface area contributed by atoms with Crippen molar-refractivity contribution < 1.29 is 13.9 Å². The molecule has 1 aliphatic heterocycles. The number of nitrogens with zero attached hydrogens (tertiary/aromatic N) is 4. The molecule has 1 aliphatic rings. The van der Waals surface area contributed by atoms with Gasteiger partial charge in [0.2, 0.25) is 5.89 Å². The number of methoxy groups -OCH3 is 1. The van der Waals surface area contributed by atoms with Crippen LogP contribution >= 0.6 is 11.8 Å². The molecule has 0 N–H and O–H groups in total. The molecule has 4 rings (SSSR count). The van der Waals surface area contributed by atoms with E-state index >= 15 is 0 Å². The van der Waals surface area contributed by atoms with Crippen LogP contribution in [-0.2, 0) is 11.3 Å². The van der Waals surface area contributed by atoms with Crippen LogP contribution in [0.3, 0.4) is 0 Å². The van der Waals surface area contributed by atoms with Crippen LogP contribution in [0.2, 0.25) is 0 Å². The Morgan fingerprint density at radius 3 is 2.75 bits per heavy atom. The number of hydrogen-bond acceptors (Lipinski definition) is 7. The second-order valence-corrected chi connectivity index (χ2v) is 8.16. The Balaban J connectivity index is 1.63. The second-order valence-electron chi connectivity index (χ2n) is 6.85. The predicted molar refractivity (Wildman–Crippen MR) is 106 cm³/mol. The normalized spacial score (nSPS) is 17.8. The van der Waals surface area contributed by atoms with Crippen molar-refractivity contribution >= 4 is 11.8 Å². The number of rotatable bonds is 7. The Morgan fingerprint density at radius 1 is 1.29 bits per heavy atom. The molecule has 7 nitrogen and oxygen atoms in total. The van der Waals surface area contributed by atoms with Gasteiger partial charge in [0.1, 0.15) is 11.5 Å². The standard InChI is InChI=1S/C20H24N4O3S/c1-13-11-21-19(27-13)14(2)28-20-23-22-18(15-6-8-16(25-3)9-7-15)24(20)12-17-5-4-10-26-17/h6-9,11,14,17H,4-5,10,12H2,1-3H3. The highest BCUT2D eigenvalue weighted by Gasteiger charge is 2.24. The number of hydrogen-bond donors (Lipinski definition) is 0. The molecule has 0 aliphatic carbocycles. The SMILES string of the molecule is COc1ccc(-c2nnc(SC(C)c3ncc(C)o3)n2CC2CCCO2)cc1. The van der Waals surface area contributed by atoms with Crippen LogP contribution in [0.15, 0.2) is 40.0 Å². The molecule has 3 aromatic rings. The Labute approximate surface area is 168 Å². The van der Waals surface area contributed by atoms with Crippen molar-refractivity contribution in [3.8, 4) is 17.1 Å². The highest BCUT2D eigenvalue weighted by molar-refractivity contribution is 7.99. The van der Waals surface area contributed by atoms with E-state index in [2.05, 4.69) is 26.7 Å². The third-order valence-corrected chi connectivity index (χ3v) is 5.81. The van der Waals surface area contributed by atoms with Crippen molar-refractivity contribution in [3.63, 3.8) is 0 Å². The van der Waals surface area contributed by atoms with Crippen LogP contribution in [0.1, 0.15) is 36.7 Å². The molecule has 0 amide bonds. The van der Waals surface area contributed by atoms with Crippen molar-refractivity contribution in [2.75, 3.05) is 13.7 Å². The van der Waals surface area contributed by atoms with E-state index in [1.165, 1.54) is 0 Å². The molecule has 8 heteroatoms. The third kappa shape index (κ3) is 4.07. The van der Waals surface area contributed by atoms with Crippen molar-refractivity contribution in [3.05, 3.63) is 42.1 Å². The lowest BCUT2D eigenvalue weighted by atomic mass is 10.2. The first-order chi connectivity index (χ1) is 13.6. The predicted octanol–water partition coefficient (Wildman–Crippen LogP) is 4.28. The number of benzene rings is 1. The Bertz CT molecular complexity index is 916. The number of aryl methyl sites for hydroxylation is 1. The minimum atomic E-state index is 0.0323. The fourth-order valence-corrected chi connectivity index (χ4v) is 4.16. The average Bonchev–Trinajstić information content (AvgIpc) is 3.45. The summed E-state index contributed by atoms with van der Waals surface area (Å²) in [5.41, 5.74) is 0.998. The van der Waals surface area contributed by atoms with E-state index in [0.29, 0.717) is 5.89 Å². The monoisotopic (exact) mass is 400 g/mol. The molecule has 2 unspecified atom stereocenters. The largest absolute Gasteiger partial charge is 0.497 e. The minimum Gasteiger partial charge on any atom is -0.497 e. The van der Waals surface area contributed by atoms with Crippen LogP contribution in [0.5, 0.6) is 5.75 Å². The van der Waals surface area contributed by atoms with Gasteiger partial charge in [-0.15, -0.1) is 10.2 Å². The summed E-state index contributed by atoms with van der Waals surface area (Å²) in [5, 5.41) is 9.82. The smallest absolute Gasteiger partial charge is 0.207 e. The first-order valence-electron chi connectivity index (χ1n) is 9.42. The van der Waals surface area contributed by atoms with Gasteiger partial charge in [-0.1, -0.05) is 11.8 Å². The zero-order chi connectivity index (χ0) is 19.5. The second kappa shape index (κ2) is 8.36. The van der Waals surface area contributed by atoms with E-state index in [0.717, 1.165) is 54.0 Å². The lowest BCUT2D eigenvalue weighted by molar-refractivity contribution is 0.0953. The summed E-state index contributed by atoms with van der Waals surface area (Å²) < 4.78 is 19.0. The number of ether oxygens (including phenoxy) is 2. The van der Waals surface area contributed by atoms with Gasteiger partial charge in [0.25, 0.3) is 0 Å². The molecule has 0 radical (unpaired) electrons. The summed E-state index contributed by atoms with van der Waals surface area (Å²) in [6.45, 7) is 5.51. The van der Waals surface area contributed by atoms with Crippen LogP contribution < -0.4 is 4.74 Å². The molecule has 28 heavy (non-hydrogen) atoms. The van der Waals surface area contributed by atoms with Crippen LogP contribution in [0, 0.1) is 6.92 Å². The number of thioether (sulfide) groups is 1. The molecular formula is C20H24N4O3S. The van der Waals surface area contributed by atoms with Gasteiger partial charge in [-0.25, -0.2) is 4.98 Å². The summed E-state index contributed by atoms with van der Waals surface area (Å²) >= 11 is 1.60. The lowest BCUT2D eigenvalue weighted by Gasteiger charge is -2.16. The summed E-state index contributed by atoms with van der Waals surface area (Å²) in [7, 11) is 1.66. The van der Waals surface area contributed by atoms with Crippen LogP contribution in [0.25, 0.3) is 11.4 Å². The molecule has 0 spiro atoms. The van der Waals surface area contributed by atoms with Gasteiger partial charge in [-0.2, -0.15) is 0 Å². The van der Waals surface area contributed by atoms with E-state index in [9.17, 15) is 0 Å². The molecular weight excluding hydrogens is 376 g/mol. The minimum absolute atomic E-state index is 0.0323. The zero-order valence-electron chi connectivity index (χ0n) is 16.3. The van der Waals surface area contributed by atoms with Crippen molar-refractivity contribution in [2.45, 2.75) is 49.7 Å². The van der Waals surface area contributed by atoms with E-state index < -0.39 is 0 Å². The summed E-state index contributed by atoms with van der Waals surface area (Å²) in [5.74, 6) is 3.15. The Kier molecular flexibility index (Phi) is 5.68. The molecule has 1 aromatic carbocycles. The molecule has 148 valence electrons. The number of oxazole rings is 1. The first-order valence-corrected chi connectivity index (χ1v) is 10.3. The Hall–Kier alpha value is -2.32. The van der Waals surface area contributed by atoms with Gasteiger partial charge in [-0.3, -0.25) is 4.57 Å². The molecule has 2 aromatic heterocycles. The quantitative estimate of drug-likeness (QED) is 0.548. The van der Waals surface area contributed by atoms with E-state index in [-0.39, 0.29) is 11.4 Å². The van der Waals surface area contributed by atoms with Crippen LogP contribution in [0.4, 0.5) is 0 Å². The third-order valence-electron chi connectivity index (χ3n) is 4.74. The van der Waals surface area contributed by atoms with Crippen molar-refractivity contribution in [1.82, 2.24) is 19.7 Å². The summed E-state index contributed by atoms with van der Waals surface area (Å²) in [6, 6.07) is 7.88. The summed E-state index contributed by atoms with van der Waals surface area (Å²) in [4.78, 5) is 4.35. The Morgan fingerprint density at radius 2 is 2.11 bits per heavy atom. The fourth-order valence-electron chi connectivity index (χ4n) is 3.25. The van der Waals surface area contributed by atoms with E-state index in [4.69, 9.17) is 13.9 Å². The van der Waals surface area contributed by atoms with Gasteiger partial charge in [0, 0.05) is 12.2 Å². The topological polar surface area (TPSA) is 75.2 Å². The summed E-state index contributed by atoms with van der Waals surface area (Å²) in [6.07, 6.45) is 4.08. The molecule has 1 fully saturated rings. The molecule has 3 heterocycles. The maximum Gasteiger partial charge on any atom is 0.207 e. The van der Waals surface area contributed by atoms with E-state index in [1.807, 2.05) is 31.2 Å². The van der Waals surface area contributed by atoms with Gasteiger partial charge in [0.15, 0.2) is 11.0 Å². The lowest BCUT2D eigenvalue weighted by Crippen LogP contribution is -2.16. The zero-order valence-corrected chi connectivity index (χ0v) is 17.1. The highest BCUT2D eigenvalue weighted by atomic mass is 32.2. The first kappa shape index (κ1) is 19.0. The molecule has 0 saturated carbocycles. The number of aromatic nitrogens is 4. The molecule has 0 bridgehead atoms. The van der Waals surface area contributed by atoms with Gasteiger partial charge >= 0.3 is 0 Å².